The van der Waals surface area contributed by atoms with Gasteiger partial charge in [-0.1, -0.05) is 38.4 Å². The number of carbonyl (C=O) groups excluding carboxylic acids is 2. The highest BCUT2D eigenvalue weighted by Crippen LogP contribution is 2.37. The molecule has 0 saturated carbocycles. The van der Waals surface area contributed by atoms with Gasteiger partial charge in [-0.15, -0.1) is 0 Å². The first-order valence-electron chi connectivity index (χ1n) is 10.9. The molecule has 2 amide bonds. The van der Waals surface area contributed by atoms with Crippen LogP contribution in [0, 0.1) is 5.41 Å². The Morgan fingerprint density at radius 3 is 2.41 bits per heavy atom. The minimum Gasteiger partial charge on any atom is -0.357 e. The van der Waals surface area contributed by atoms with E-state index in [0.29, 0.717) is 30.2 Å². The van der Waals surface area contributed by atoms with E-state index in [4.69, 9.17) is 11.6 Å². The summed E-state index contributed by atoms with van der Waals surface area (Å²) in [5.41, 5.74) is -0.350. The van der Waals surface area contributed by atoms with Gasteiger partial charge < -0.3 is 20.1 Å². The van der Waals surface area contributed by atoms with Crippen molar-refractivity contribution in [3.63, 3.8) is 0 Å². The largest absolute Gasteiger partial charge is 0.417 e. The van der Waals surface area contributed by atoms with E-state index in [-0.39, 0.29) is 11.6 Å². The molecule has 2 aromatic rings. The molecule has 1 aromatic carbocycles. The number of hydrogen-bond acceptors (Lipinski definition) is 4. The second-order valence-corrected chi connectivity index (χ2v) is 9.96. The van der Waals surface area contributed by atoms with Crippen LogP contribution in [0.2, 0.25) is 5.02 Å². The smallest absolute Gasteiger partial charge is 0.357 e. The molecular formula is C23H29ClF3N5O2. The van der Waals surface area contributed by atoms with E-state index in [1.165, 1.54) is 19.2 Å². The number of fused-ring (bicyclic) bond motifs is 1. The molecule has 0 radical (unpaired) electrons. The molecule has 0 saturated heterocycles. The summed E-state index contributed by atoms with van der Waals surface area (Å²) >= 11 is 5.95. The van der Waals surface area contributed by atoms with Crippen molar-refractivity contribution < 1.29 is 22.8 Å². The lowest BCUT2D eigenvalue weighted by molar-refractivity contribution is -0.137. The third-order valence-electron chi connectivity index (χ3n) is 5.81. The Balaban J connectivity index is 2.09. The predicted octanol–water partition coefficient (Wildman–Crippen LogP) is 3.95. The molecule has 1 aromatic heterocycles. The SMILES string of the molecule is CNC(=O)[C@@H](NC(=O)c1nc(-c2ccc(C(F)(F)F)c(Cl)c2)n2c1CN(C)CCC2)C(C)(C)C. The van der Waals surface area contributed by atoms with Crippen LogP contribution in [0.4, 0.5) is 13.2 Å². The molecule has 0 spiro atoms. The van der Waals surface area contributed by atoms with Gasteiger partial charge in [-0.05, 0) is 37.6 Å². The third kappa shape index (κ3) is 5.38. The number of amides is 2. The molecule has 0 bridgehead atoms. The van der Waals surface area contributed by atoms with E-state index in [9.17, 15) is 22.8 Å². The van der Waals surface area contributed by atoms with Gasteiger partial charge in [0.1, 0.15) is 11.9 Å². The lowest BCUT2D eigenvalue weighted by Gasteiger charge is -2.29. The number of hydrogen-bond donors (Lipinski definition) is 2. The zero-order valence-corrected chi connectivity index (χ0v) is 20.6. The highest BCUT2D eigenvalue weighted by atomic mass is 35.5. The van der Waals surface area contributed by atoms with Crippen LogP contribution in [0.15, 0.2) is 18.2 Å². The Morgan fingerprint density at radius 2 is 1.85 bits per heavy atom. The van der Waals surface area contributed by atoms with Gasteiger partial charge in [0.15, 0.2) is 5.69 Å². The number of likely N-dealkylation sites (N-methyl/N-ethyl adjacent to an activating group) is 1. The Hall–Kier alpha value is -2.59. The fourth-order valence-electron chi connectivity index (χ4n) is 4.03. The average molecular weight is 500 g/mol. The van der Waals surface area contributed by atoms with Crippen molar-refractivity contribution in [1.29, 1.82) is 0 Å². The fraction of sp³-hybridized carbons (Fsp3) is 0.522. The number of benzene rings is 1. The molecule has 0 fully saturated rings. The van der Waals surface area contributed by atoms with Crippen LogP contribution in [-0.4, -0.2) is 52.9 Å². The molecule has 2 heterocycles. The maximum atomic E-state index is 13.3. The first-order valence-corrected chi connectivity index (χ1v) is 11.3. The van der Waals surface area contributed by atoms with Gasteiger partial charge in [-0.25, -0.2) is 4.98 Å². The molecule has 1 aliphatic rings. The number of halogens is 4. The number of alkyl halides is 3. The van der Waals surface area contributed by atoms with Gasteiger partial charge in [0.2, 0.25) is 5.91 Å². The second kappa shape index (κ2) is 9.58. The second-order valence-electron chi connectivity index (χ2n) is 9.55. The summed E-state index contributed by atoms with van der Waals surface area (Å²) in [5, 5.41) is 4.92. The molecule has 34 heavy (non-hydrogen) atoms. The van der Waals surface area contributed by atoms with Crippen LogP contribution < -0.4 is 10.6 Å². The Bertz CT molecular complexity index is 1090. The zero-order chi connectivity index (χ0) is 25.4. The molecule has 3 rings (SSSR count). The summed E-state index contributed by atoms with van der Waals surface area (Å²) in [6, 6.07) is 2.64. The van der Waals surface area contributed by atoms with Crippen molar-refractivity contribution >= 4 is 23.4 Å². The van der Waals surface area contributed by atoms with Crippen LogP contribution in [0.3, 0.4) is 0 Å². The van der Waals surface area contributed by atoms with E-state index in [0.717, 1.165) is 19.0 Å². The summed E-state index contributed by atoms with van der Waals surface area (Å²) in [6.07, 6.45) is -3.81. The van der Waals surface area contributed by atoms with Crippen molar-refractivity contribution in [2.75, 3.05) is 20.6 Å². The van der Waals surface area contributed by atoms with E-state index in [1.54, 1.807) is 0 Å². The van der Waals surface area contributed by atoms with E-state index >= 15 is 0 Å². The summed E-state index contributed by atoms with van der Waals surface area (Å²) < 4.78 is 41.4. The van der Waals surface area contributed by atoms with Gasteiger partial charge in [-0.3, -0.25) is 9.59 Å². The minimum atomic E-state index is -4.57. The van der Waals surface area contributed by atoms with E-state index in [1.807, 2.05) is 37.3 Å². The number of nitrogens with one attached hydrogen (secondary N) is 2. The number of aromatic nitrogens is 2. The zero-order valence-electron chi connectivity index (χ0n) is 19.8. The Kier molecular flexibility index (Phi) is 7.33. The fourth-order valence-corrected chi connectivity index (χ4v) is 4.31. The van der Waals surface area contributed by atoms with Crippen molar-refractivity contribution in [2.24, 2.45) is 5.41 Å². The summed E-state index contributed by atoms with van der Waals surface area (Å²) in [4.78, 5) is 32.4. The lowest BCUT2D eigenvalue weighted by Crippen LogP contribution is -2.53. The van der Waals surface area contributed by atoms with Gasteiger partial charge in [0.25, 0.3) is 5.91 Å². The van der Waals surface area contributed by atoms with Crippen molar-refractivity contribution in [3.05, 3.63) is 40.2 Å². The summed E-state index contributed by atoms with van der Waals surface area (Å²) in [5.74, 6) is -0.497. The highest BCUT2D eigenvalue weighted by molar-refractivity contribution is 6.31. The molecule has 186 valence electrons. The van der Waals surface area contributed by atoms with Crippen molar-refractivity contribution in [1.82, 2.24) is 25.1 Å². The molecule has 1 aliphatic heterocycles. The quantitative estimate of drug-likeness (QED) is 0.667. The third-order valence-corrected chi connectivity index (χ3v) is 6.12. The maximum absolute atomic E-state index is 13.3. The van der Waals surface area contributed by atoms with Crippen molar-refractivity contribution in [3.8, 4) is 11.4 Å². The molecule has 2 N–H and O–H groups in total. The Labute approximate surface area is 201 Å². The van der Waals surface area contributed by atoms with Gasteiger partial charge in [-0.2, -0.15) is 13.2 Å². The van der Waals surface area contributed by atoms with Crippen LogP contribution >= 0.6 is 11.6 Å². The molecular weight excluding hydrogens is 471 g/mol. The molecule has 0 unspecified atom stereocenters. The molecule has 1 atom stereocenters. The standard InChI is InChI=1S/C23H29ClF3N5O2/c1-22(2,3)18(21(34)28-4)30-20(33)17-16-12-31(5)9-6-10-32(16)19(29-17)13-7-8-14(15(24)11-13)23(25,26)27/h7-8,11,18H,6,9-10,12H2,1-5H3,(H,28,34)(H,30,33)/t18-/m1/s1. The minimum absolute atomic E-state index is 0.137. The van der Waals surface area contributed by atoms with Crippen LogP contribution in [0.1, 0.15) is 48.9 Å². The average Bonchev–Trinajstić information content (AvgIpc) is 2.96. The first kappa shape index (κ1) is 26.0. The number of rotatable bonds is 4. The number of imidazole rings is 1. The highest BCUT2D eigenvalue weighted by Gasteiger charge is 2.36. The molecule has 0 aliphatic carbocycles. The van der Waals surface area contributed by atoms with Crippen LogP contribution in [0.5, 0.6) is 0 Å². The maximum Gasteiger partial charge on any atom is 0.417 e. The van der Waals surface area contributed by atoms with Crippen molar-refractivity contribution in [2.45, 2.75) is 52.5 Å². The monoisotopic (exact) mass is 499 g/mol. The van der Waals surface area contributed by atoms with Gasteiger partial charge >= 0.3 is 6.18 Å². The van der Waals surface area contributed by atoms with E-state index < -0.39 is 34.1 Å². The first-order chi connectivity index (χ1) is 15.7. The summed E-state index contributed by atoms with van der Waals surface area (Å²) in [6.45, 7) is 7.24. The number of carbonyl (C=O) groups is 2. The van der Waals surface area contributed by atoms with Crippen LogP contribution in [0.25, 0.3) is 11.4 Å². The lowest BCUT2D eigenvalue weighted by atomic mass is 9.86. The van der Waals surface area contributed by atoms with E-state index in [2.05, 4.69) is 15.6 Å². The van der Waals surface area contributed by atoms with Crippen LogP contribution in [-0.2, 0) is 24.1 Å². The number of nitrogens with zero attached hydrogens (tertiary/aromatic N) is 3. The normalized spacial score (nSPS) is 15.9. The van der Waals surface area contributed by atoms with Gasteiger partial charge in [0.05, 0.1) is 16.3 Å². The molecule has 11 heteroatoms. The Morgan fingerprint density at radius 1 is 1.18 bits per heavy atom. The van der Waals surface area contributed by atoms with Gasteiger partial charge in [0, 0.05) is 25.7 Å². The summed E-state index contributed by atoms with van der Waals surface area (Å²) in [7, 11) is 3.42. The topological polar surface area (TPSA) is 79.3 Å². The molecule has 7 nitrogen and oxygen atoms in total. The predicted molar refractivity (Wildman–Crippen MR) is 123 cm³/mol.